The van der Waals surface area contributed by atoms with Gasteiger partial charge in [-0.1, -0.05) is 66.7 Å². The lowest BCUT2D eigenvalue weighted by Gasteiger charge is -2.19. The zero-order chi connectivity index (χ0) is 16.1. The zero-order valence-corrected chi connectivity index (χ0v) is 13.4. The Hall–Kier alpha value is -2.68. The van der Waals surface area contributed by atoms with Gasteiger partial charge < -0.3 is 9.31 Å². The number of hydrogen-bond donors (Lipinski definition) is 0. The van der Waals surface area contributed by atoms with Crippen LogP contribution in [0.15, 0.2) is 78.9 Å². The van der Waals surface area contributed by atoms with E-state index in [1.807, 2.05) is 92.7 Å². The van der Waals surface area contributed by atoms with E-state index in [1.165, 1.54) is 0 Å². The molecule has 114 valence electrons. The second kappa shape index (κ2) is 7.06. The Balaban J connectivity index is 1.91. The first-order valence-corrected chi connectivity index (χ1v) is 7.73. The summed E-state index contributed by atoms with van der Waals surface area (Å²) < 4.78 is 12.3. The molecule has 3 aromatic rings. The van der Waals surface area contributed by atoms with Crippen LogP contribution in [0.3, 0.4) is 0 Å². The van der Waals surface area contributed by atoms with Crippen LogP contribution in [0.4, 0.5) is 0 Å². The number of rotatable bonds is 5. The van der Waals surface area contributed by atoms with E-state index in [4.69, 9.17) is 9.31 Å². The summed E-state index contributed by atoms with van der Waals surface area (Å²) in [4.78, 5) is 0. The van der Waals surface area contributed by atoms with Crippen LogP contribution in [0.1, 0.15) is 11.1 Å². The van der Waals surface area contributed by atoms with Gasteiger partial charge in [-0.2, -0.15) is 0 Å². The summed E-state index contributed by atoms with van der Waals surface area (Å²) in [5, 5.41) is 0. The predicted octanol–water partition coefficient (Wildman–Crippen LogP) is 4.16. The molecule has 0 saturated heterocycles. The lowest BCUT2D eigenvalue weighted by Crippen LogP contribution is -2.42. The van der Waals surface area contributed by atoms with E-state index < -0.39 is 7.12 Å². The molecule has 0 spiro atoms. The molecule has 2 nitrogen and oxygen atoms in total. The van der Waals surface area contributed by atoms with E-state index >= 15 is 0 Å². The predicted molar refractivity (Wildman–Crippen MR) is 95.4 cm³/mol. The maximum Gasteiger partial charge on any atom is 0.632 e. The van der Waals surface area contributed by atoms with Crippen molar-refractivity contribution >= 4 is 12.6 Å². The van der Waals surface area contributed by atoms with Crippen molar-refractivity contribution in [3.63, 3.8) is 0 Å². The van der Waals surface area contributed by atoms with Gasteiger partial charge in [-0.05, 0) is 37.1 Å². The third-order valence-corrected chi connectivity index (χ3v) is 3.73. The van der Waals surface area contributed by atoms with Gasteiger partial charge in [0.1, 0.15) is 11.5 Å². The van der Waals surface area contributed by atoms with Gasteiger partial charge in [-0.15, -0.1) is 0 Å². The third-order valence-electron chi connectivity index (χ3n) is 3.73. The lowest BCUT2D eigenvalue weighted by atomic mass is 9.78. The third kappa shape index (κ3) is 3.75. The monoisotopic (exact) mass is 302 g/mol. The molecule has 0 saturated carbocycles. The molecule has 3 rings (SSSR count). The molecule has 0 aromatic heterocycles. The molecule has 0 heterocycles. The normalized spacial score (nSPS) is 10.2. The van der Waals surface area contributed by atoms with Gasteiger partial charge in [-0.25, -0.2) is 0 Å². The van der Waals surface area contributed by atoms with Crippen LogP contribution in [0, 0.1) is 13.8 Å². The van der Waals surface area contributed by atoms with E-state index in [1.54, 1.807) is 0 Å². The Morgan fingerprint density at radius 2 is 1.00 bits per heavy atom. The maximum absolute atomic E-state index is 6.17. The molecule has 0 radical (unpaired) electrons. The van der Waals surface area contributed by atoms with Gasteiger partial charge in [0.15, 0.2) is 0 Å². The first kappa shape index (κ1) is 15.2. The Kier molecular flexibility index (Phi) is 4.67. The number of aryl methyl sites for hydroxylation is 2. The first-order valence-electron chi connectivity index (χ1n) is 7.73. The van der Waals surface area contributed by atoms with Crippen molar-refractivity contribution in [2.24, 2.45) is 0 Å². The Morgan fingerprint density at radius 3 is 1.48 bits per heavy atom. The topological polar surface area (TPSA) is 18.5 Å². The maximum atomic E-state index is 6.17. The molecule has 0 atom stereocenters. The zero-order valence-electron chi connectivity index (χ0n) is 13.4. The Bertz CT molecular complexity index is 724. The van der Waals surface area contributed by atoms with E-state index in [-0.39, 0.29) is 0 Å². The second-order valence-corrected chi connectivity index (χ2v) is 5.51. The van der Waals surface area contributed by atoms with Crippen molar-refractivity contribution in [1.29, 1.82) is 0 Å². The van der Waals surface area contributed by atoms with E-state index in [2.05, 4.69) is 0 Å². The molecule has 23 heavy (non-hydrogen) atoms. The van der Waals surface area contributed by atoms with Crippen LogP contribution in [0.2, 0.25) is 0 Å². The van der Waals surface area contributed by atoms with Crippen molar-refractivity contribution in [3.8, 4) is 11.5 Å². The standard InChI is InChI=1S/C20H19BO2/c1-16-10-6-8-14-19(16)22-21(18-12-4-3-5-13-18)23-20-15-9-7-11-17(20)2/h3-15H,1-2H3. The fourth-order valence-electron chi connectivity index (χ4n) is 2.38. The summed E-state index contributed by atoms with van der Waals surface area (Å²) in [5.74, 6) is 1.66. The van der Waals surface area contributed by atoms with Crippen molar-refractivity contribution < 1.29 is 9.31 Å². The first-order chi connectivity index (χ1) is 11.2. The van der Waals surface area contributed by atoms with E-state index in [9.17, 15) is 0 Å². The minimum atomic E-state index is -0.488. The largest absolute Gasteiger partial charge is 0.632 e. The van der Waals surface area contributed by atoms with Gasteiger partial charge in [0.2, 0.25) is 0 Å². The van der Waals surface area contributed by atoms with Crippen LogP contribution in [0.25, 0.3) is 0 Å². The van der Waals surface area contributed by atoms with Gasteiger partial charge in [0.05, 0.1) is 0 Å². The molecule has 0 bridgehead atoms. The van der Waals surface area contributed by atoms with E-state index in [0.717, 1.165) is 28.1 Å². The van der Waals surface area contributed by atoms with Gasteiger partial charge in [-0.3, -0.25) is 0 Å². The molecule has 0 N–H and O–H groups in total. The highest BCUT2D eigenvalue weighted by atomic mass is 16.6. The average Bonchev–Trinajstić information content (AvgIpc) is 2.59. The molecule has 0 aliphatic heterocycles. The number of para-hydroxylation sites is 2. The van der Waals surface area contributed by atoms with Crippen molar-refractivity contribution in [2.45, 2.75) is 13.8 Å². The minimum absolute atomic E-state index is 0.488. The summed E-state index contributed by atoms with van der Waals surface area (Å²) in [6.07, 6.45) is 0. The summed E-state index contributed by atoms with van der Waals surface area (Å²) in [6.45, 7) is 4.07. The second-order valence-electron chi connectivity index (χ2n) is 5.51. The van der Waals surface area contributed by atoms with Gasteiger partial charge >= 0.3 is 7.12 Å². The Labute approximate surface area is 137 Å². The van der Waals surface area contributed by atoms with E-state index in [0.29, 0.717) is 0 Å². The summed E-state index contributed by atoms with van der Waals surface area (Å²) >= 11 is 0. The lowest BCUT2D eigenvalue weighted by molar-refractivity contribution is 0.435. The fraction of sp³-hybridized carbons (Fsp3) is 0.100. The van der Waals surface area contributed by atoms with Crippen LogP contribution < -0.4 is 14.8 Å². The van der Waals surface area contributed by atoms with Crippen molar-refractivity contribution in [2.75, 3.05) is 0 Å². The molecular weight excluding hydrogens is 283 g/mol. The highest BCUT2D eigenvalue weighted by molar-refractivity contribution is 6.62. The molecular formula is C20H19BO2. The minimum Gasteiger partial charge on any atom is -0.522 e. The van der Waals surface area contributed by atoms with Crippen LogP contribution >= 0.6 is 0 Å². The SMILES string of the molecule is Cc1ccccc1OB(Oc1ccccc1C)c1ccccc1. The Morgan fingerprint density at radius 1 is 0.565 bits per heavy atom. The summed E-state index contributed by atoms with van der Waals surface area (Å²) in [5.41, 5.74) is 3.16. The van der Waals surface area contributed by atoms with Gasteiger partial charge in [0, 0.05) is 5.46 Å². The molecule has 0 fully saturated rings. The molecule has 0 aliphatic carbocycles. The van der Waals surface area contributed by atoms with Crippen LogP contribution in [-0.4, -0.2) is 7.12 Å². The fourth-order valence-corrected chi connectivity index (χ4v) is 2.38. The summed E-state index contributed by atoms with van der Waals surface area (Å²) in [7, 11) is -0.488. The quantitative estimate of drug-likeness (QED) is 0.659. The number of benzene rings is 3. The average molecular weight is 302 g/mol. The number of hydrogen-bond acceptors (Lipinski definition) is 2. The molecule has 0 amide bonds. The molecule has 3 heteroatoms. The van der Waals surface area contributed by atoms with Crippen LogP contribution in [-0.2, 0) is 0 Å². The molecule has 0 unspecified atom stereocenters. The molecule has 3 aromatic carbocycles. The van der Waals surface area contributed by atoms with Crippen molar-refractivity contribution in [1.82, 2.24) is 0 Å². The van der Waals surface area contributed by atoms with Crippen molar-refractivity contribution in [3.05, 3.63) is 90.0 Å². The highest BCUT2D eigenvalue weighted by Crippen LogP contribution is 2.21. The van der Waals surface area contributed by atoms with Crippen LogP contribution in [0.5, 0.6) is 11.5 Å². The molecule has 0 aliphatic rings. The highest BCUT2D eigenvalue weighted by Gasteiger charge is 2.27. The summed E-state index contributed by atoms with van der Waals surface area (Å²) in [6, 6.07) is 25.9. The van der Waals surface area contributed by atoms with Gasteiger partial charge in [0.25, 0.3) is 0 Å². The smallest absolute Gasteiger partial charge is 0.522 e.